The molecule has 11 heteroatoms. The molecule has 1 aliphatic heterocycles. The van der Waals surface area contributed by atoms with Crippen molar-refractivity contribution < 1.29 is 19.1 Å². The summed E-state index contributed by atoms with van der Waals surface area (Å²) in [5.41, 5.74) is -0.453. The minimum absolute atomic E-state index is 0.0623. The molecule has 4 rings (SSSR count). The lowest BCUT2D eigenvalue weighted by atomic mass is 10.1. The molecule has 2 amide bonds. The van der Waals surface area contributed by atoms with E-state index in [1.165, 1.54) is 41.7 Å². The number of esters is 1. The van der Waals surface area contributed by atoms with Gasteiger partial charge in [-0.25, -0.2) is 14.7 Å². The number of hydrogen-bond acceptors (Lipinski definition) is 7. The summed E-state index contributed by atoms with van der Waals surface area (Å²) in [5.74, 6) is -1.87. The minimum atomic E-state index is -0.781. The number of carbonyl (C=O) groups excluding carboxylic acids is 3. The number of fused-ring (bicyclic) bond motifs is 2. The second-order valence-electron chi connectivity index (χ2n) is 6.48. The molecule has 148 valence electrons. The molecule has 0 spiro atoms. The van der Waals surface area contributed by atoms with Crippen molar-refractivity contribution in [1.29, 1.82) is 0 Å². The SMILES string of the molecule is Cn1c(=O)c2c(ncn2CC(=O)OCN2C(=O)c3ccccc3C2=O)n(C)c1=O. The summed E-state index contributed by atoms with van der Waals surface area (Å²) in [6, 6.07) is 6.32. The fourth-order valence-corrected chi connectivity index (χ4v) is 3.19. The third kappa shape index (κ3) is 2.74. The lowest BCUT2D eigenvalue weighted by Gasteiger charge is -2.14. The molecule has 11 nitrogen and oxygen atoms in total. The lowest BCUT2D eigenvalue weighted by Crippen LogP contribution is -2.38. The number of benzene rings is 1. The van der Waals surface area contributed by atoms with E-state index >= 15 is 0 Å². The number of hydrogen-bond donors (Lipinski definition) is 0. The molecule has 3 aromatic rings. The van der Waals surface area contributed by atoms with Crippen LogP contribution in [0.2, 0.25) is 0 Å². The van der Waals surface area contributed by atoms with Gasteiger partial charge in [-0.15, -0.1) is 0 Å². The van der Waals surface area contributed by atoms with Gasteiger partial charge in [-0.3, -0.25) is 28.3 Å². The highest BCUT2D eigenvalue weighted by Gasteiger charge is 2.35. The molecule has 0 bridgehead atoms. The smallest absolute Gasteiger partial charge is 0.332 e. The van der Waals surface area contributed by atoms with Crippen LogP contribution in [0.25, 0.3) is 11.2 Å². The van der Waals surface area contributed by atoms with Crippen LogP contribution in [0.3, 0.4) is 0 Å². The molecular weight excluding hydrogens is 382 g/mol. The van der Waals surface area contributed by atoms with Gasteiger partial charge in [0, 0.05) is 14.1 Å². The molecule has 0 saturated heterocycles. The fraction of sp³-hybridized carbons (Fsp3) is 0.222. The zero-order valence-electron chi connectivity index (χ0n) is 15.5. The van der Waals surface area contributed by atoms with Crippen LogP contribution in [0.15, 0.2) is 40.2 Å². The Morgan fingerprint density at radius 1 is 1.00 bits per heavy atom. The molecule has 0 saturated carbocycles. The number of amides is 2. The van der Waals surface area contributed by atoms with E-state index in [4.69, 9.17) is 4.74 Å². The van der Waals surface area contributed by atoms with E-state index in [-0.39, 0.29) is 28.8 Å². The summed E-state index contributed by atoms with van der Waals surface area (Å²) < 4.78 is 8.41. The average Bonchev–Trinajstić information content (AvgIpc) is 3.23. The molecule has 0 aliphatic carbocycles. The summed E-state index contributed by atoms with van der Waals surface area (Å²) in [4.78, 5) is 66.0. The molecule has 29 heavy (non-hydrogen) atoms. The number of aryl methyl sites for hydroxylation is 1. The first kappa shape index (κ1) is 18.3. The van der Waals surface area contributed by atoms with Crippen LogP contribution in [0, 0.1) is 0 Å². The van der Waals surface area contributed by atoms with E-state index in [1.807, 2.05) is 0 Å². The molecule has 0 radical (unpaired) electrons. The van der Waals surface area contributed by atoms with Gasteiger partial charge in [-0.05, 0) is 12.1 Å². The number of imide groups is 1. The lowest BCUT2D eigenvalue weighted by molar-refractivity contribution is -0.146. The van der Waals surface area contributed by atoms with Crippen LogP contribution >= 0.6 is 0 Å². The summed E-state index contributed by atoms with van der Waals surface area (Å²) in [6.45, 7) is -0.929. The number of imidazole rings is 1. The number of rotatable bonds is 4. The highest BCUT2D eigenvalue weighted by atomic mass is 16.5. The Kier molecular flexibility index (Phi) is 4.14. The van der Waals surface area contributed by atoms with Crippen LogP contribution in [0.4, 0.5) is 0 Å². The van der Waals surface area contributed by atoms with Gasteiger partial charge in [-0.2, -0.15) is 0 Å². The molecule has 0 unspecified atom stereocenters. The first-order chi connectivity index (χ1) is 13.8. The number of nitrogens with zero attached hydrogens (tertiary/aromatic N) is 5. The van der Waals surface area contributed by atoms with Gasteiger partial charge < -0.3 is 9.30 Å². The van der Waals surface area contributed by atoms with Gasteiger partial charge in [-0.1, -0.05) is 12.1 Å². The van der Waals surface area contributed by atoms with E-state index in [9.17, 15) is 24.0 Å². The first-order valence-corrected chi connectivity index (χ1v) is 8.53. The average molecular weight is 397 g/mol. The highest BCUT2D eigenvalue weighted by Crippen LogP contribution is 2.22. The summed E-state index contributed by atoms with van der Waals surface area (Å²) in [6.07, 6.45) is 1.24. The van der Waals surface area contributed by atoms with E-state index in [2.05, 4.69) is 4.98 Å². The summed E-state index contributed by atoms with van der Waals surface area (Å²) >= 11 is 0. The van der Waals surface area contributed by atoms with Crippen molar-refractivity contribution in [3.05, 3.63) is 62.6 Å². The molecule has 0 atom stereocenters. The Hall–Kier alpha value is -4.02. The molecule has 1 aliphatic rings. The Morgan fingerprint density at radius 3 is 2.24 bits per heavy atom. The third-order valence-electron chi connectivity index (χ3n) is 4.75. The highest BCUT2D eigenvalue weighted by molar-refractivity contribution is 6.21. The van der Waals surface area contributed by atoms with Crippen molar-refractivity contribution in [2.75, 3.05) is 6.73 Å². The van der Waals surface area contributed by atoms with Crippen molar-refractivity contribution in [1.82, 2.24) is 23.6 Å². The molecule has 0 fully saturated rings. The number of carbonyl (C=O) groups is 3. The Balaban J connectivity index is 1.52. The van der Waals surface area contributed by atoms with Crippen LogP contribution < -0.4 is 11.2 Å². The normalized spacial score (nSPS) is 13.2. The molecule has 0 N–H and O–H groups in total. The van der Waals surface area contributed by atoms with Crippen molar-refractivity contribution >= 4 is 28.9 Å². The maximum Gasteiger partial charge on any atom is 0.332 e. The zero-order valence-corrected chi connectivity index (χ0v) is 15.5. The van der Waals surface area contributed by atoms with Gasteiger partial charge >= 0.3 is 11.7 Å². The van der Waals surface area contributed by atoms with Gasteiger partial charge in [0.15, 0.2) is 17.9 Å². The van der Waals surface area contributed by atoms with Crippen LogP contribution in [0.5, 0.6) is 0 Å². The third-order valence-corrected chi connectivity index (χ3v) is 4.75. The topological polar surface area (TPSA) is 126 Å². The predicted octanol–water partition coefficient (Wildman–Crippen LogP) is -0.769. The van der Waals surface area contributed by atoms with Crippen molar-refractivity contribution in [2.45, 2.75) is 6.54 Å². The van der Waals surface area contributed by atoms with Crippen molar-refractivity contribution in [2.24, 2.45) is 14.1 Å². The molecule has 3 heterocycles. The Bertz CT molecular complexity index is 1280. The first-order valence-electron chi connectivity index (χ1n) is 8.53. The van der Waals surface area contributed by atoms with E-state index < -0.39 is 35.8 Å². The largest absolute Gasteiger partial charge is 0.442 e. The number of aromatic nitrogens is 4. The second-order valence-corrected chi connectivity index (χ2v) is 6.48. The molecular formula is C18H15N5O6. The van der Waals surface area contributed by atoms with Crippen molar-refractivity contribution in [3.8, 4) is 0 Å². The quantitative estimate of drug-likeness (QED) is 0.418. The van der Waals surface area contributed by atoms with Gasteiger partial charge in [0.1, 0.15) is 6.54 Å². The Labute approximate surface area is 162 Å². The van der Waals surface area contributed by atoms with Crippen molar-refractivity contribution in [3.63, 3.8) is 0 Å². The standard InChI is InChI=1S/C18H15N5O6/c1-20-14-13(17(27)21(2)18(20)28)22(8-19-14)7-12(24)29-9-23-15(25)10-5-3-4-6-11(10)16(23)26/h3-6,8H,7,9H2,1-2H3. The Morgan fingerprint density at radius 2 is 1.62 bits per heavy atom. The van der Waals surface area contributed by atoms with Crippen LogP contribution in [-0.4, -0.2) is 48.1 Å². The maximum absolute atomic E-state index is 12.4. The second kappa shape index (κ2) is 6.55. The minimum Gasteiger partial charge on any atom is -0.442 e. The molecule has 2 aromatic heterocycles. The summed E-state index contributed by atoms with van der Waals surface area (Å²) in [5, 5.41) is 0. The van der Waals surface area contributed by atoms with Crippen LogP contribution in [-0.2, 0) is 30.2 Å². The monoisotopic (exact) mass is 397 g/mol. The molecule has 1 aromatic carbocycles. The van der Waals surface area contributed by atoms with Gasteiger partial charge in [0.05, 0.1) is 17.5 Å². The van der Waals surface area contributed by atoms with Gasteiger partial charge in [0.2, 0.25) is 0 Å². The predicted molar refractivity (Wildman–Crippen MR) is 98.1 cm³/mol. The van der Waals surface area contributed by atoms with Gasteiger partial charge in [0.25, 0.3) is 17.4 Å². The van der Waals surface area contributed by atoms with E-state index in [0.29, 0.717) is 0 Å². The van der Waals surface area contributed by atoms with Crippen LogP contribution in [0.1, 0.15) is 20.7 Å². The summed E-state index contributed by atoms with van der Waals surface area (Å²) in [7, 11) is 2.78. The number of ether oxygens (including phenoxy) is 1. The zero-order chi connectivity index (χ0) is 20.9. The fourth-order valence-electron chi connectivity index (χ4n) is 3.19. The van der Waals surface area contributed by atoms with E-state index in [1.54, 1.807) is 12.1 Å². The maximum atomic E-state index is 12.4. The van der Waals surface area contributed by atoms with E-state index in [0.717, 1.165) is 9.47 Å².